The van der Waals surface area contributed by atoms with Crippen molar-refractivity contribution >= 4 is 104 Å². The van der Waals surface area contributed by atoms with Gasteiger partial charge in [-0.1, -0.05) is 127 Å². The van der Waals surface area contributed by atoms with Gasteiger partial charge in [-0.2, -0.15) is 0 Å². The number of aromatic nitrogens is 4. The van der Waals surface area contributed by atoms with Gasteiger partial charge in [0.25, 0.3) is 0 Å². The van der Waals surface area contributed by atoms with E-state index in [9.17, 15) is 0 Å². The van der Waals surface area contributed by atoms with Gasteiger partial charge in [-0.25, -0.2) is 9.97 Å². The fraction of sp³-hybridized carbons (Fsp3) is 0. The van der Waals surface area contributed by atoms with E-state index in [1.165, 1.54) is 76.1 Å². The van der Waals surface area contributed by atoms with Gasteiger partial charge in [-0.3, -0.25) is 0 Å². The highest BCUT2D eigenvalue weighted by molar-refractivity contribution is 6.36. The van der Waals surface area contributed by atoms with Gasteiger partial charge in [-0.05, 0) is 76.1 Å². The van der Waals surface area contributed by atoms with Crippen molar-refractivity contribution in [1.29, 1.82) is 0 Å². The number of para-hydroxylation sites is 3. The van der Waals surface area contributed by atoms with Crippen molar-refractivity contribution in [3.05, 3.63) is 182 Å². The average Bonchev–Trinajstić information content (AvgIpc) is 4.04. The molecule has 0 fully saturated rings. The molecule has 0 spiro atoms. The minimum absolute atomic E-state index is 0.671. The Morgan fingerprint density at radius 2 is 1.07 bits per heavy atom. The van der Waals surface area contributed by atoms with E-state index in [0.29, 0.717) is 11.4 Å². The zero-order valence-electron chi connectivity index (χ0n) is 31.5. The fourth-order valence-corrected chi connectivity index (χ4v) is 10.1. The fourth-order valence-electron chi connectivity index (χ4n) is 10.1. The highest BCUT2D eigenvalue weighted by atomic mass is 16.3. The van der Waals surface area contributed by atoms with Crippen LogP contribution in [-0.2, 0) is 0 Å². The molecular formula is C54H30N4O. The Labute approximate surface area is 335 Å². The van der Waals surface area contributed by atoms with Gasteiger partial charge in [0.1, 0.15) is 16.8 Å². The second-order valence-corrected chi connectivity index (χ2v) is 15.7. The van der Waals surface area contributed by atoms with Crippen LogP contribution in [-0.4, -0.2) is 18.9 Å². The molecule has 5 aromatic heterocycles. The first-order valence-electron chi connectivity index (χ1n) is 20.1. The minimum atomic E-state index is 0.671. The van der Waals surface area contributed by atoms with Gasteiger partial charge < -0.3 is 13.4 Å². The Morgan fingerprint density at radius 3 is 1.92 bits per heavy atom. The average molecular weight is 751 g/mol. The Kier molecular flexibility index (Phi) is 5.96. The van der Waals surface area contributed by atoms with Gasteiger partial charge >= 0.3 is 0 Å². The number of fused-ring (bicyclic) bond motifs is 16. The Morgan fingerprint density at radius 1 is 0.407 bits per heavy atom. The molecule has 0 amide bonds. The first kappa shape index (κ1) is 31.1. The van der Waals surface area contributed by atoms with Crippen LogP contribution in [0.15, 0.2) is 186 Å². The summed E-state index contributed by atoms with van der Waals surface area (Å²) in [6.07, 6.45) is 0. The van der Waals surface area contributed by atoms with E-state index < -0.39 is 0 Å². The molecule has 5 nitrogen and oxygen atoms in total. The summed E-state index contributed by atoms with van der Waals surface area (Å²) in [5.74, 6) is 0.671. The summed E-state index contributed by atoms with van der Waals surface area (Å²) < 4.78 is 11.5. The van der Waals surface area contributed by atoms with Gasteiger partial charge in [0.05, 0.1) is 27.6 Å². The molecule has 0 aliphatic carbocycles. The number of benzene rings is 9. The van der Waals surface area contributed by atoms with Crippen LogP contribution in [0, 0.1) is 0 Å². The third-order valence-electron chi connectivity index (χ3n) is 12.6. The van der Waals surface area contributed by atoms with Crippen molar-refractivity contribution in [3.63, 3.8) is 0 Å². The summed E-state index contributed by atoms with van der Waals surface area (Å²) >= 11 is 0. The number of hydrogen-bond acceptors (Lipinski definition) is 3. The van der Waals surface area contributed by atoms with Crippen molar-refractivity contribution in [2.75, 3.05) is 0 Å². The topological polar surface area (TPSA) is 48.3 Å². The van der Waals surface area contributed by atoms with Crippen LogP contribution in [0.4, 0.5) is 0 Å². The SMILES string of the molecule is c1ccc2cc(-c3nc(-c4ccc(-n5c6ccc7ccccc7c6c6cc7c8ccccc8n8c9ccccc9c(c65)c78)cc4)c4oc5ccccc5c4n3)ccc2c1. The van der Waals surface area contributed by atoms with E-state index in [1.54, 1.807) is 0 Å². The molecule has 0 aliphatic rings. The van der Waals surface area contributed by atoms with E-state index in [4.69, 9.17) is 14.4 Å². The van der Waals surface area contributed by atoms with Gasteiger partial charge in [0, 0.05) is 54.5 Å². The maximum Gasteiger partial charge on any atom is 0.180 e. The van der Waals surface area contributed by atoms with Crippen LogP contribution in [0.1, 0.15) is 0 Å². The first-order chi connectivity index (χ1) is 29.3. The highest BCUT2D eigenvalue weighted by Gasteiger charge is 2.25. The Hall–Kier alpha value is -8.02. The van der Waals surface area contributed by atoms with E-state index >= 15 is 0 Å². The maximum atomic E-state index is 6.56. The lowest BCUT2D eigenvalue weighted by Gasteiger charge is -2.11. The maximum absolute atomic E-state index is 6.56. The summed E-state index contributed by atoms with van der Waals surface area (Å²) in [6.45, 7) is 0. The first-order valence-corrected chi connectivity index (χ1v) is 20.1. The second kappa shape index (κ2) is 11.3. The van der Waals surface area contributed by atoms with E-state index in [0.717, 1.165) is 44.4 Å². The van der Waals surface area contributed by atoms with Crippen LogP contribution in [0.2, 0.25) is 0 Å². The normalized spacial score (nSPS) is 12.4. The molecule has 14 rings (SSSR count). The van der Waals surface area contributed by atoms with Gasteiger partial charge in [0.15, 0.2) is 11.4 Å². The predicted molar refractivity (Wildman–Crippen MR) is 244 cm³/mol. The summed E-state index contributed by atoms with van der Waals surface area (Å²) in [7, 11) is 0. The molecule has 0 saturated carbocycles. The molecule has 5 heterocycles. The molecule has 59 heavy (non-hydrogen) atoms. The Bertz CT molecular complexity index is 4070. The zero-order chi connectivity index (χ0) is 38.3. The van der Waals surface area contributed by atoms with Crippen molar-refractivity contribution in [2.45, 2.75) is 0 Å². The Balaban J connectivity index is 1.06. The standard InChI is InChI=1S/C54H30N4O/c1-2-13-34-29-35(22-21-31(34)11-1)54-55-49(53-50(56-54)40-17-7-10-20-46(40)59-53)33-23-26-36(27-24-33)57-45-28-25-32-12-3-4-14-37(32)47(45)42-30-41-38-15-5-8-18-43(38)58-44-19-9-6-16-39(44)48(51(41)58)52(42)57/h1-30H. The van der Waals surface area contributed by atoms with E-state index in [-0.39, 0.29) is 0 Å². The predicted octanol–water partition coefficient (Wildman–Crippen LogP) is 14.3. The molecule has 9 aromatic carbocycles. The quantitative estimate of drug-likeness (QED) is 0.181. The summed E-state index contributed by atoms with van der Waals surface area (Å²) in [4.78, 5) is 10.4. The molecule has 0 unspecified atom stereocenters. The number of rotatable bonds is 3. The highest BCUT2D eigenvalue weighted by Crippen LogP contribution is 2.48. The van der Waals surface area contributed by atoms with Gasteiger partial charge in [-0.15, -0.1) is 0 Å². The molecule has 0 bridgehead atoms. The summed E-state index contributed by atoms with van der Waals surface area (Å²) in [5.41, 5.74) is 12.2. The number of furan rings is 1. The van der Waals surface area contributed by atoms with Crippen LogP contribution in [0.3, 0.4) is 0 Å². The largest absolute Gasteiger partial charge is 0.452 e. The lowest BCUT2D eigenvalue weighted by Crippen LogP contribution is -1.96. The number of hydrogen-bond donors (Lipinski definition) is 0. The van der Waals surface area contributed by atoms with Crippen LogP contribution >= 0.6 is 0 Å². The lowest BCUT2D eigenvalue weighted by molar-refractivity contribution is 0.667. The molecular weight excluding hydrogens is 721 g/mol. The molecule has 0 aliphatic heterocycles. The van der Waals surface area contributed by atoms with Crippen molar-refractivity contribution in [2.24, 2.45) is 0 Å². The lowest BCUT2D eigenvalue weighted by atomic mass is 10.0. The van der Waals surface area contributed by atoms with Crippen molar-refractivity contribution < 1.29 is 4.42 Å². The monoisotopic (exact) mass is 750 g/mol. The molecule has 0 atom stereocenters. The van der Waals surface area contributed by atoms with Crippen LogP contribution in [0.25, 0.3) is 132 Å². The third-order valence-corrected chi connectivity index (χ3v) is 12.6. The molecule has 5 heteroatoms. The van der Waals surface area contributed by atoms with E-state index in [1.807, 2.05) is 18.2 Å². The molecule has 0 N–H and O–H groups in total. The summed E-state index contributed by atoms with van der Waals surface area (Å²) in [5, 5.41) is 13.4. The smallest absolute Gasteiger partial charge is 0.180 e. The zero-order valence-corrected chi connectivity index (χ0v) is 31.5. The van der Waals surface area contributed by atoms with Crippen molar-refractivity contribution in [3.8, 4) is 28.3 Å². The van der Waals surface area contributed by atoms with Crippen LogP contribution < -0.4 is 0 Å². The van der Waals surface area contributed by atoms with Gasteiger partial charge in [0.2, 0.25) is 0 Å². The molecule has 0 radical (unpaired) electrons. The molecule has 272 valence electrons. The minimum Gasteiger partial charge on any atom is -0.452 e. The summed E-state index contributed by atoms with van der Waals surface area (Å²) in [6, 6.07) is 65.3. The van der Waals surface area contributed by atoms with E-state index in [2.05, 4.69) is 173 Å². The molecule has 14 aromatic rings. The van der Waals surface area contributed by atoms with Crippen LogP contribution in [0.5, 0.6) is 0 Å². The number of nitrogens with zero attached hydrogens (tertiary/aromatic N) is 4. The second-order valence-electron chi connectivity index (χ2n) is 15.7. The molecule has 0 saturated heterocycles. The van der Waals surface area contributed by atoms with Crippen molar-refractivity contribution in [1.82, 2.24) is 18.9 Å². The third kappa shape index (κ3) is 4.13.